The summed E-state index contributed by atoms with van der Waals surface area (Å²) in [7, 11) is 0. The molecule has 10 heteroatoms. The zero-order chi connectivity index (χ0) is 23.0. The van der Waals surface area contributed by atoms with Gasteiger partial charge < -0.3 is 10.1 Å². The number of pyridine rings is 2. The van der Waals surface area contributed by atoms with Gasteiger partial charge in [0.15, 0.2) is 0 Å². The fourth-order valence-electron chi connectivity index (χ4n) is 4.03. The van der Waals surface area contributed by atoms with Crippen LogP contribution in [0.1, 0.15) is 29.7 Å². The van der Waals surface area contributed by atoms with Gasteiger partial charge in [-0.2, -0.15) is 26.7 Å². The maximum Gasteiger partial charge on any atom is 0.418 e. The molecule has 4 heterocycles. The molecule has 6 nitrogen and oxygen atoms in total. The molecule has 4 aromatic rings. The van der Waals surface area contributed by atoms with Gasteiger partial charge in [0, 0.05) is 53.9 Å². The van der Waals surface area contributed by atoms with Crippen molar-refractivity contribution in [1.82, 2.24) is 19.9 Å². The van der Waals surface area contributed by atoms with Gasteiger partial charge in [-0.3, -0.25) is 9.97 Å². The minimum absolute atomic E-state index is 0. The van der Waals surface area contributed by atoms with Gasteiger partial charge in [0.1, 0.15) is 17.9 Å². The highest BCUT2D eigenvalue weighted by molar-refractivity contribution is 7.59. The molecular formula is C24H22F3N5OS. The first-order chi connectivity index (χ1) is 15.9. The van der Waals surface area contributed by atoms with E-state index in [1.807, 2.05) is 6.07 Å². The Labute approximate surface area is 201 Å². The molecule has 0 amide bonds. The van der Waals surface area contributed by atoms with E-state index < -0.39 is 11.7 Å². The van der Waals surface area contributed by atoms with Crippen molar-refractivity contribution in [3.63, 3.8) is 0 Å². The molecule has 0 unspecified atom stereocenters. The lowest BCUT2D eigenvalue weighted by molar-refractivity contribution is -0.136. The van der Waals surface area contributed by atoms with Crippen molar-refractivity contribution in [2.45, 2.75) is 25.4 Å². The van der Waals surface area contributed by atoms with Crippen LogP contribution in [-0.2, 0) is 12.6 Å². The zero-order valence-corrected chi connectivity index (χ0v) is 19.2. The van der Waals surface area contributed by atoms with Crippen LogP contribution >= 0.6 is 13.5 Å². The molecular weight excluding hydrogens is 463 g/mol. The lowest BCUT2D eigenvalue weighted by Crippen LogP contribution is -2.12. The van der Waals surface area contributed by atoms with Crippen molar-refractivity contribution in [3.8, 4) is 17.0 Å². The van der Waals surface area contributed by atoms with E-state index in [0.717, 1.165) is 29.5 Å². The van der Waals surface area contributed by atoms with Crippen LogP contribution in [0.3, 0.4) is 0 Å². The van der Waals surface area contributed by atoms with Crippen LogP contribution in [0.25, 0.3) is 22.2 Å². The molecule has 0 radical (unpaired) electrons. The molecule has 0 aliphatic carbocycles. The van der Waals surface area contributed by atoms with Crippen molar-refractivity contribution in [2.24, 2.45) is 0 Å². The van der Waals surface area contributed by atoms with Gasteiger partial charge in [-0.05, 0) is 24.3 Å². The summed E-state index contributed by atoms with van der Waals surface area (Å²) in [5.41, 5.74) is 1.91. The summed E-state index contributed by atoms with van der Waals surface area (Å²) >= 11 is 0. The van der Waals surface area contributed by atoms with E-state index in [-0.39, 0.29) is 24.9 Å². The molecule has 0 saturated carbocycles. The molecule has 1 aliphatic rings. The lowest BCUT2D eigenvalue weighted by atomic mass is 10.00. The minimum atomic E-state index is -4.53. The average molecular weight is 486 g/mol. The first kappa shape index (κ1) is 23.7. The third-order valence-corrected chi connectivity index (χ3v) is 5.69. The molecule has 0 spiro atoms. The third kappa shape index (κ3) is 4.63. The summed E-state index contributed by atoms with van der Waals surface area (Å²) in [6.07, 6.45) is 0.762. The summed E-state index contributed by atoms with van der Waals surface area (Å²) in [4.78, 5) is 16.7. The van der Waals surface area contributed by atoms with Crippen LogP contribution in [0, 0.1) is 0 Å². The van der Waals surface area contributed by atoms with E-state index in [0.29, 0.717) is 35.6 Å². The van der Waals surface area contributed by atoms with Crippen LogP contribution in [0.5, 0.6) is 5.75 Å². The smallest absolute Gasteiger partial charge is 0.418 e. The van der Waals surface area contributed by atoms with Crippen LogP contribution in [-0.4, -0.2) is 33.1 Å². The van der Waals surface area contributed by atoms with E-state index in [1.54, 1.807) is 30.5 Å². The Balaban J connectivity index is 0.00000274. The number of ether oxygens (including phenoxy) is 1. The maximum absolute atomic E-state index is 13.7. The van der Waals surface area contributed by atoms with Crippen LogP contribution < -0.4 is 10.1 Å². The standard InChI is InChI=1S/C24H20F3N5O.H2S/c1-14(17-4-7-28-19-5-8-33-23(17)19)12-30-21-11-20(31-13-32-21)16-9-15-3-2-6-29-22(15)18(10-16)24(25,26)27;/h2-4,6-7,9-11,13-14H,5,8,12H2,1H3,(H,30,31,32);1H2/t14-;/m1./s1. The normalized spacial score (nSPS) is 13.6. The molecule has 0 bridgehead atoms. The second-order valence-corrected chi connectivity index (χ2v) is 7.94. The fraction of sp³-hybridized carbons (Fsp3) is 0.250. The highest BCUT2D eigenvalue weighted by atomic mass is 32.1. The van der Waals surface area contributed by atoms with E-state index in [2.05, 4.69) is 32.2 Å². The van der Waals surface area contributed by atoms with Crippen molar-refractivity contribution >= 4 is 30.2 Å². The van der Waals surface area contributed by atoms with Crippen LogP contribution in [0.2, 0.25) is 0 Å². The number of benzene rings is 1. The Bertz CT molecular complexity index is 1330. The van der Waals surface area contributed by atoms with Gasteiger partial charge in [0.25, 0.3) is 0 Å². The monoisotopic (exact) mass is 485 g/mol. The highest BCUT2D eigenvalue weighted by Gasteiger charge is 2.34. The van der Waals surface area contributed by atoms with Crippen LogP contribution in [0.15, 0.2) is 55.1 Å². The number of hydrogen-bond acceptors (Lipinski definition) is 6. The van der Waals surface area contributed by atoms with E-state index in [1.165, 1.54) is 12.5 Å². The van der Waals surface area contributed by atoms with Gasteiger partial charge in [-0.15, -0.1) is 0 Å². The maximum atomic E-state index is 13.7. The van der Waals surface area contributed by atoms with Crippen LogP contribution in [0.4, 0.5) is 19.0 Å². The Morgan fingerprint density at radius 2 is 1.91 bits per heavy atom. The predicted molar refractivity (Wildman–Crippen MR) is 128 cm³/mol. The fourth-order valence-corrected chi connectivity index (χ4v) is 4.03. The molecule has 1 atom stereocenters. The van der Waals surface area contributed by atoms with Crippen molar-refractivity contribution in [3.05, 3.63) is 71.9 Å². The van der Waals surface area contributed by atoms with Gasteiger partial charge in [-0.25, -0.2) is 9.97 Å². The quantitative estimate of drug-likeness (QED) is 0.410. The Morgan fingerprint density at radius 1 is 1.06 bits per heavy atom. The third-order valence-electron chi connectivity index (χ3n) is 5.69. The topological polar surface area (TPSA) is 72.8 Å². The number of halogens is 3. The molecule has 3 aromatic heterocycles. The first-order valence-electron chi connectivity index (χ1n) is 10.5. The molecule has 34 heavy (non-hydrogen) atoms. The minimum Gasteiger partial charge on any atom is -0.491 e. The van der Waals surface area contributed by atoms with Gasteiger partial charge in [-0.1, -0.05) is 13.0 Å². The Hall–Kier alpha value is -3.40. The molecule has 0 fully saturated rings. The number of aromatic nitrogens is 4. The SMILES string of the molecule is C[C@H](CNc1cc(-c2cc(C(F)(F)F)c3ncccc3c2)ncn1)c1ccnc2c1OCC2.S. The molecule has 1 aromatic carbocycles. The first-order valence-corrected chi connectivity index (χ1v) is 10.5. The molecule has 1 N–H and O–H groups in total. The number of hydrogen-bond donors (Lipinski definition) is 1. The Morgan fingerprint density at radius 3 is 2.74 bits per heavy atom. The largest absolute Gasteiger partial charge is 0.491 e. The number of alkyl halides is 3. The number of nitrogens with zero attached hydrogens (tertiary/aromatic N) is 4. The van der Waals surface area contributed by atoms with Gasteiger partial charge in [0.2, 0.25) is 0 Å². The second kappa shape index (κ2) is 9.46. The zero-order valence-electron chi connectivity index (χ0n) is 18.2. The molecule has 176 valence electrons. The molecule has 5 rings (SSSR count). The van der Waals surface area contributed by atoms with Gasteiger partial charge in [0.05, 0.1) is 29.1 Å². The highest BCUT2D eigenvalue weighted by Crippen LogP contribution is 2.37. The predicted octanol–water partition coefficient (Wildman–Crippen LogP) is 5.37. The summed E-state index contributed by atoms with van der Waals surface area (Å²) in [6, 6.07) is 9.56. The Kier molecular flexibility index (Phi) is 6.60. The number of rotatable bonds is 5. The molecule has 1 aliphatic heterocycles. The second-order valence-electron chi connectivity index (χ2n) is 7.94. The van der Waals surface area contributed by atoms with Crippen molar-refractivity contribution in [2.75, 3.05) is 18.5 Å². The van der Waals surface area contributed by atoms with E-state index in [4.69, 9.17) is 4.74 Å². The number of fused-ring (bicyclic) bond motifs is 2. The lowest BCUT2D eigenvalue weighted by Gasteiger charge is -2.16. The van der Waals surface area contributed by atoms with Gasteiger partial charge >= 0.3 is 6.18 Å². The summed E-state index contributed by atoms with van der Waals surface area (Å²) < 4.78 is 46.7. The summed E-state index contributed by atoms with van der Waals surface area (Å²) in [6.45, 7) is 3.26. The number of anilines is 1. The summed E-state index contributed by atoms with van der Waals surface area (Å²) in [5, 5.41) is 3.66. The van der Waals surface area contributed by atoms with E-state index >= 15 is 0 Å². The number of nitrogens with one attached hydrogen (secondary N) is 1. The van der Waals surface area contributed by atoms with Crippen molar-refractivity contribution < 1.29 is 17.9 Å². The van der Waals surface area contributed by atoms with E-state index in [9.17, 15) is 13.2 Å². The van der Waals surface area contributed by atoms with Crippen molar-refractivity contribution in [1.29, 1.82) is 0 Å². The average Bonchev–Trinajstić information content (AvgIpc) is 3.30. The molecule has 0 saturated heterocycles. The summed E-state index contributed by atoms with van der Waals surface area (Å²) in [5.74, 6) is 1.49.